The molecule has 0 N–H and O–H groups in total. The molecule has 0 saturated heterocycles. The minimum atomic E-state index is -2.09. The summed E-state index contributed by atoms with van der Waals surface area (Å²) in [6, 6.07) is 0. The molecule has 0 spiro atoms. The smallest absolute Gasteiger partial charge is 0.176 e. The molecule has 9 heavy (non-hydrogen) atoms. The first-order valence-corrected chi connectivity index (χ1v) is 5.52. The van der Waals surface area contributed by atoms with Crippen molar-refractivity contribution in [2.24, 2.45) is 0 Å². The van der Waals surface area contributed by atoms with E-state index in [1.54, 1.807) is 0 Å². The highest BCUT2D eigenvalue weighted by molar-refractivity contribution is 6.51. The maximum atomic E-state index is 7.83. The fourth-order valence-electron chi connectivity index (χ4n) is 0.508. The molecule has 2 heteroatoms. The summed E-state index contributed by atoms with van der Waals surface area (Å²) in [5.74, 6) is 0. The molecule has 0 aliphatic carbocycles. The first kappa shape index (κ1) is 7.29. The maximum absolute atomic E-state index is 7.83. The quantitative estimate of drug-likeness (QED) is 0.556. The third-order valence-electron chi connectivity index (χ3n) is 1.23. The lowest BCUT2D eigenvalue weighted by atomic mass is 10.5. The van der Waals surface area contributed by atoms with E-state index in [1.807, 2.05) is 20.4 Å². The molecule has 1 nitrogen and oxygen atoms in total. The summed E-state index contributed by atoms with van der Waals surface area (Å²) in [6.45, 7) is 10.0. The molecule has 0 aliphatic rings. The van der Waals surface area contributed by atoms with E-state index in [-0.39, 0.29) is 6.10 Å². The van der Waals surface area contributed by atoms with Gasteiger partial charge >= 0.3 is 0 Å². The molecule has 1 unspecified atom stereocenters. The molecule has 0 aromatic rings. The highest BCUT2D eigenvalue weighted by Gasteiger charge is 2.10. The van der Waals surface area contributed by atoms with Crippen LogP contribution in [-0.2, 0) is 4.43 Å². The van der Waals surface area contributed by atoms with Crippen LogP contribution in [0.2, 0.25) is 12.1 Å². The number of rotatable bonds is 3. The van der Waals surface area contributed by atoms with Crippen LogP contribution < -0.4 is 0 Å². The lowest BCUT2D eigenvalue weighted by Crippen LogP contribution is -2.21. The van der Waals surface area contributed by atoms with Gasteiger partial charge in [0, 0.05) is 7.34 Å². The summed E-state index contributed by atoms with van der Waals surface area (Å²) in [5.41, 5.74) is 0.384. The van der Waals surface area contributed by atoms with E-state index in [0.29, 0.717) is 5.54 Å². The van der Waals surface area contributed by atoms with Crippen molar-refractivity contribution in [2.45, 2.75) is 45.9 Å². The van der Waals surface area contributed by atoms with Crippen LogP contribution in [0.5, 0.6) is 0 Å². The van der Waals surface area contributed by atoms with Crippen molar-refractivity contribution in [2.75, 3.05) is 0 Å². The SMILES string of the molecule is [2H][Si](C)(OC(C)C)C(C)C. The predicted octanol–water partition coefficient (Wildman–Crippen LogP) is 2.17. The second-order valence-corrected chi connectivity index (χ2v) is 5.54. The summed E-state index contributed by atoms with van der Waals surface area (Å²) in [4.78, 5) is 0. The molecular formula is C7H18OSi. The van der Waals surface area contributed by atoms with Gasteiger partial charge in [-0.3, -0.25) is 0 Å². The van der Waals surface area contributed by atoms with Gasteiger partial charge < -0.3 is 4.43 Å². The van der Waals surface area contributed by atoms with Gasteiger partial charge in [0.2, 0.25) is 0 Å². The van der Waals surface area contributed by atoms with Crippen LogP contribution in [0, 0.1) is 0 Å². The Hall–Kier alpha value is 0.177. The molecule has 56 valence electrons. The maximum Gasteiger partial charge on any atom is 0.176 e. The van der Waals surface area contributed by atoms with Crippen LogP contribution in [0.4, 0.5) is 0 Å². The van der Waals surface area contributed by atoms with Crippen LogP contribution in [0.15, 0.2) is 0 Å². The Kier molecular flexibility index (Phi) is 3.29. The molecule has 0 aliphatic heterocycles. The van der Waals surface area contributed by atoms with Crippen molar-refractivity contribution in [3.05, 3.63) is 0 Å². The molecule has 1 atom stereocenters. The van der Waals surface area contributed by atoms with Crippen LogP contribution in [0.25, 0.3) is 0 Å². The molecule has 0 heterocycles. The van der Waals surface area contributed by atoms with E-state index in [0.717, 1.165) is 0 Å². The van der Waals surface area contributed by atoms with Crippen molar-refractivity contribution in [3.63, 3.8) is 0 Å². The summed E-state index contributed by atoms with van der Waals surface area (Å²) in [5, 5.41) is 0. The van der Waals surface area contributed by atoms with Crippen molar-refractivity contribution in [3.8, 4) is 0 Å². The van der Waals surface area contributed by atoms with E-state index >= 15 is 0 Å². The standard InChI is InChI=1S/C7H18OSi/c1-6(2)8-9(5)7(3)4/h6-7,9H,1-5H3/i9D. The van der Waals surface area contributed by atoms with Crippen molar-refractivity contribution in [1.82, 2.24) is 0 Å². The monoisotopic (exact) mass is 147 g/mol. The fourth-order valence-corrected chi connectivity index (χ4v) is 1.52. The third kappa shape index (κ3) is 4.67. The Balaban J connectivity index is 3.87. The molecule has 0 bridgehead atoms. The van der Waals surface area contributed by atoms with Gasteiger partial charge in [0.1, 0.15) is 0 Å². The summed E-state index contributed by atoms with van der Waals surface area (Å²) in [6.07, 6.45) is 0.205. The topological polar surface area (TPSA) is 9.23 Å². The van der Waals surface area contributed by atoms with Crippen LogP contribution in [-0.4, -0.2) is 16.3 Å². The van der Waals surface area contributed by atoms with Crippen molar-refractivity contribution < 1.29 is 4.43 Å². The van der Waals surface area contributed by atoms with Gasteiger partial charge in [0.25, 0.3) is 0 Å². The van der Waals surface area contributed by atoms with Gasteiger partial charge in [0.15, 0.2) is 8.97 Å². The Morgan fingerprint density at radius 3 is 1.89 bits per heavy atom. The third-order valence-corrected chi connectivity index (χ3v) is 3.70. The van der Waals surface area contributed by atoms with Gasteiger partial charge in [-0.2, -0.15) is 0 Å². The van der Waals surface area contributed by atoms with E-state index in [4.69, 9.17) is 5.66 Å². The minimum absolute atomic E-state index is 0.205. The zero-order valence-corrected chi connectivity index (χ0v) is 8.06. The first-order valence-electron chi connectivity index (χ1n) is 4.04. The van der Waals surface area contributed by atoms with Crippen molar-refractivity contribution in [1.29, 1.82) is 1.23 Å². The number of hydrogen-bond acceptors (Lipinski definition) is 1. The normalized spacial score (nSPS) is 20.1. The lowest BCUT2D eigenvalue weighted by molar-refractivity contribution is 0.240. The predicted molar refractivity (Wildman–Crippen MR) is 44.3 cm³/mol. The molecule has 0 saturated carbocycles. The number of hydrogen-bond donors (Lipinski definition) is 0. The van der Waals surface area contributed by atoms with E-state index < -0.39 is 8.97 Å². The zero-order valence-electron chi connectivity index (χ0n) is 8.06. The highest BCUT2D eigenvalue weighted by Crippen LogP contribution is 2.09. The van der Waals surface area contributed by atoms with Gasteiger partial charge in [-0.1, -0.05) is 13.8 Å². The summed E-state index contributed by atoms with van der Waals surface area (Å²) >= 11 is 0. The summed E-state index contributed by atoms with van der Waals surface area (Å²) < 4.78 is 13.3. The van der Waals surface area contributed by atoms with Gasteiger partial charge in [-0.15, -0.1) is 0 Å². The minimum Gasteiger partial charge on any atom is -0.418 e. The Morgan fingerprint density at radius 2 is 1.78 bits per heavy atom. The second kappa shape index (κ2) is 4.07. The molecule has 0 aromatic carbocycles. The van der Waals surface area contributed by atoms with Gasteiger partial charge in [0.05, 0.1) is 0 Å². The molecule has 0 fully saturated rings. The molecule has 0 radical (unpaired) electrons. The van der Waals surface area contributed by atoms with Crippen LogP contribution in [0.1, 0.15) is 27.7 Å². The molecule has 0 amide bonds. The largest absolute Gasteiger partial charge is 0.418 e. The van der Waals surface area contributed by atoms with Crippen molar-refractivity contribution >= 4 is 8.97 Å². The van der Waals surface area contributed by atoms with Crippen LogP contribution in [0.3, 0.4) is 0 Å². The van der Waals surface area contributed by atoms with E-state index in [1.165, 1.54) is 0 Å². The zero-order chi connectivity index (χ0) is 8.36. The van der Waals surface area contributed by atoms with Gasteiger partial charge in [-0.25, -0.2) is 0 Å². The van der Waals surface area contributed by atoms with Gasteiger partial charge in [-0.05, 0) is 25.9 Å². The first-order chi connectivity index (χ1) is 4.36. The Morgan fingerprint density at radius 1 is 1.33 bits per heavy atom. The van der Waals surface area contributed by atoms with E-state index in [2.05, 4.69) is 13.8 Å². The fraction of sp³-hybridized carbons (Fsp3) is 1.00. The average Bonchev–Trinajstić information content (AvgIpc) is 1.60. The molecule has 0 aromatic heterocycles. The van der Waals surface area contributed by atoms with E-state index in [9.17, 15) is 0 Å². The average molecular weight is 147 g/mol. The Bertz CT molecular complexity index is 102. The summed E-state index contributed by atoms with van der Waals surface area (Å²) in [7, 11) is -2.09. The molecule has 0 rings (SSSR count). The Labute approximate surface area is 61.4 Å². The lowest BCUT2D eigenvalue weighted by Gasteiger charge is -2.17. The second-order valence-electron chi connectivity index (χ2n) is 2.93. The molecular weight excluding hydrogens is 128 g/mol. The van der Waals surface area contributed by atoms with Crippen LogP contribution >= 0.6 is 0 Å². The highest BCUT2D eigenvalue weighted by atomic mass is 28.3.